The molecule has 0 aliphatic heterocycles. The maximum absolute atomic E-state index is 6.60. The van der Waals surface area contributed by atoms with Crippen LogP contribution in [0.1, 0.15) is 26.7 Å². The van der Waals surface area contributed by atoms with Crippen molar-refractivity contribution < 1.29 is 9.47 Å². The Morgan fingerprint density at radius 3 is 2.38 bits per heavy atom. The van der Waals surface area contributed by atoms with Gasteiger partial charge < -0.3 is 30.8 Å². The number of methoxy groups -OCH3 is 2. The Labute approximate surface area is 197 Å². The molecule has 2 aromatic heterocycles. The van der Waals surface area contributed by atoms with E-state index in [0.29, 0.717) is 56.7 Å². The van der Waals surface area contributed by atoms with E-state index in [-0.39, 0.29) is 5.95 Å². The predicted octanol–water partition coefficient (Wildman–Crippen LogP) is 5.38. The van der Waals surface area contributed by atoms with Crippen molar-refractivity contribution in [1.29, 1.82) is 0 Å². The van der Waals surface area contributed by atoms with E-state index in [9.17, 15) is 0 Å². The van der Waals surface area contributed by atoms with Crippen molar-refractivity contribution in [2.24, 2.45) is 0 Å². The van der Waals surface area contributed by atoms with Crippen molar-refractivity contribution in [2.45, 2.75) is 32.7 Å². The summed E-state index contributed by atoms with van der Waals surface area (Å²) in [4.78, 5) is 13.2. The smallest absolute Gasteiger partial charge is 0.220 e. The Hall–Kier alpha value is -2.55. The Kier molecular flexibility index (Phi) is 8.17. The van der Waals surface area contributed by atoms with E-state index in [1.165, 1.54) is 14.2 Å². The first kappa shape index (κ1) is 24.1. The lowest BCUT2D eigenvalue weighted by molar-refractivity contribution is 0.395. The van der Waals surface area contributed by atoms with Crippen molar-refractivity contribution >= 4 is 45.9 Å². The first-order chi connectivity index (χ1) is 15.3. The largest absolute Gasteiger partial charge is 0.495 e. The summed E-state index contributed by atoms with van der Waals surface area (Å²) < 4.78 is 10.8. The number of benzene rings is 1. The van der Waals surface area contributed by atoms with Gasteiger partial charge in [0.15, 0.2) is 0 Å². The number of unbranched alkanes of at least 4 members (excludes halogenated alkanes) is 1. The molecule has 2 heterocycles. The number of nitrogen functional groups attached to an aromatic ring is 1. The zero-order valence-corrected chi connectivity index (χ0v) is 20.1. The Bertz CT molecular complexity index is 1070. The number of pyridine rings is 1. The van der Waals surface area contributed by atoms with Crippen LogP contribution >= 0.6 is 23.2 Å². The molecule has 32 heavy (non-hydrogen) atoms. The highest BCUT2D eigenvalue weighted by molar-refractivity contribution is 6.41. The fourth-order valence-corrected chi connectivity index (χ4v) is 3.89. The summed E-state index contributed by atoms with van der Waals surface area (Å²) in [5.41, 5.74) is 7.39. The molecule has 3 rings (SSSR count). The number of hydrogen-bond acceptors (Lipinski definition) is 7. The molecule has 3 aromatic rings. The summed E-state index contributed by atoms with van der Waals surface area (Å²) >= 11 is 13.2. The summed E-state index contributed by atoms with van der Waals surface area (Å²) in [5, 5.41) is 9.46. The third-order valence-corrected chi connectivity index (χ3v) is 5.55. The molecular weight excluding hydrogens is 451 g/mol. The molecule has 0 aliphatic carbocycles. The molecule has 0 radical (unpaired) electrons. The molecule has 0 atom stereocenters. The first-order valence-corrected chi connectivity index (χ1v) is 11.1. The molecule has 0 spiro atoms. The monoisotopic (exact) mass is 477 g/mol. The van der Waals surface area contributed by atoms with Crippen molar-refractivity contribution in [1.82, 2.24) is 20.3 Å². The van der Waals surface area contributed by atoms with Crippen LogP contribution in [0.5, 0.6) is 11.5 Å². The van der Waals surface area contributed by atoms with Gasteiger partial charge in [-0.3, -0.25) is 0 Å². The normalized spacial score (nSPS) is 11.2. The number of ether oxygens (including phenoxy) is 2. The lowest BCUT2D eigenvalue weighted by Crippen LogP contribution is -2.23. The van der Waals surface area contributed by atoms with Gasteiger partial charge in [0.25, 0.3) is 0 Å². The van der Waals surface area contributed by atoms with Crippen molar-refractivity contribution in [3.8, 4) is 22.8 Å². The topological polar surface area (TPSA) is 109 Å². The average Bonchev–Trinajstić information content (AvgIpc) is 2.76. The second-order valence-corrected chi connectivity index (χ2v) is 8.23. The number of fused-ring (bicyclic) bond motifs is 1. The summed E-state index contributed by atoms with van der Waals surface area (Å²) in [7, 11) is 3.05. The molecule has 0 aliphatic rings. The Morgan fingerprint density at radius 1 is 1.06 bits per heavy atom. The lowest BCUT2D eigenvalue weighted by atomic mass is 10.1. The van der Waals surface area contributed by atoms with Gasteiger partial charge in [0.1, 0.15) is 11.5 Å². The minimum Gasteiger partial charge on any atom is -0.495 e. The van der Waals surface area contributed by atoms with Crippen LogP contribution in [0.25, 0.3) is 27.5 Å². The summed E-state index contributed by atoms with van der Waals surface area (Å²) in [6.45, 7) is 5.78. The van der Waals surface area contributed by atoms with Crippen LogP contribution in [-0.2, 0) is 0 Å². The highest BCUT2D eigenvalue weighted by Crippen LogP contribution is 2.46. The maximum Gasteiger partial charge on any atom is 0.220 e. The van der Waals surface area contributed by atoms with Crippen LogP contribution in [0.15, 0.2) is 18.3 Å². The van der Waals surface area contributed by atoms with Crippen LogP contribution in [-0.4, -0.2) is 48.3 Å². The number of rotatable bonds is 10. The average molecular weight is 478 g/mol. The van der Waals surface area contributed by atoms with Gasteiger partial charge in [-0.15, -0.1) is 0 Å². The van der Waals surface area contributed by atoms with Gasteiger partial charge in [-0.2, -0.15) is 0 Å². The molecule has 0 fully saturated rings. The number of nitrogens with zero attached hydrogens (tertiary/aromatic N) is 4. The van der Waals surface area contributed by atoms with Gasteiger partial charge in [-0.1, -0.05) is 50.0 Å². The molecule has 0 saturated carbocycles. The van der Waals surface area contributed by atoms with E-state index in [1.807, 2.05) is 0 Å². The number of hydrogen-bond donors (Lipinski definition) is 2. The summed E-state index contributed by atoms with van der Waals surface area (Å²) in [6, 6.07) is 3.89. The second kappa shape index (κ2) is 10.8. The number of anilines is 1. The first-order valence-electron chi connectivity index (χ1n) is 10.3. The minimum atomic E-state index is 0.156. The highest BCUT2D eigenvalue weighted by atomic mass is 35.5. The standard InChI is InChI=1S/C22H27Cl2N6O2/c1-12(2)26-7-5-6-8-27-21-20-13(11-28-22(25)30-20)9-14(29-21)17-18(23)15(31-3)10-16(32-4)19(17)24/h9-12,26H,5-8H2,1-4H3,(H2-,25,27,28,29,30)/q-1. The second-order valence-electron chi connectivity index (χ2n) is 7.48. The van der Waals surface area contributed by atoms with Crippen LogP contribution in [0.4, 0.5) is 11.8 Å². The fraction of sp³-hybridized carbons (Fsp3) is 0.409. The van der Waals surface area contributed by atoms with Crippen LogP contribution < -0.4 is 20.5 Å². The number of nitrogens with one attached hydrogen (secondary N) is 1. The number of nitrogens with two attached hydrogens (primary N) is 1. The molecule has 0 saturated heterocycles. The Morgan fingerprint density at radius 2 is 1.75 bits per heavy atom. The molecule has 10 heteroatoms. The molecule has 0 unspecified atom stereocenters. The molecule has 0 amide bonds. The van der Waals surface area contributed by atoms with Crippen molar-refractivity contribution in [2.75, 3.05) is 33.0 Å². The van der Waals surface area contributed by atoms with Crippen LogP contribution in [0.3, 0.4) is 0 Å². The van der Waals surface area contributed by atoms with E-state index in [0.717, 1.165) is 24.8 Å². The van der Waals surface area contributed by atoms with Crippen LogP contribution in [0.2, 0.25) is 10.0 Å². The van der Waals surface area contributed by atoms with E-state index >= 15 is 0 Å². The van der Waals surface area contributed by atoms with E-state index < -0.39 is 0 Å². The maximum atomic E-state index is 6.60. The molecule has 1 aromatic carbocycles. The zero-order valence-electron chi connectivity index (χ0n) is 18.6. The van der Waals surface area contributed by atoms with Gasteiger partial charge in [-0.25, -0.2) is 9.97 Å². The SMILES string of the molecule is COc1cc(OC)c(Cl)c(-c2cc3cnc(N)nc3c([N-]CCCCNC(C)C)n2)c1Cl. The van der Waals surface area contributed by atoms with Gasteiger partial charge in [-0.05, 0) is 30.5 Å². The molecule has 8 nitrogen and oxygen atoms in total. The third kappa shape index (κ3) is 5.43. The van der Waals surface area contributed by atoms with Gasteiger partial charge in [0, 0.05) is 29.3 Å². The highest BCUT2D eigenvalue weighted by Gasteiger charge is 2.18. The van der Waals surface area contributed by atoms with E-state index in [1.54, 1.807) is 18.3 Å². The predicted molar refractivity (Wildman–Crippen MR) is 131 cm³/mol. The van der Waals surface area contributed by atoms with E-state index in [2.05, 4.69) is 34.4 Å². The van der Waals surface area contributed by atoms with Crippen LogP contribution in [0, 0.1) is 0 Å². The molecule has 0 bridgehead atoms. The number of aromatic nitrogens is 3. The Balaban J connectivity index is 2.00. The molecule has 172 valence electrons. The quantitative estimate of drug-likeness (QED) is 0.377. The zero-order chi connectivity index (χ0) is 23.3. The fourth-order valence-electron chi connectivity index (χ4n) is 3.20. The molecule has 3 N–H and O–H groups in total. The van der Waals surface area contributed by atoms with Gasteiger partial charge in [0.05, 0.1) is 29.8 Å². The minimum absolute atomic E-state index is 0.156. The van der Waals surface area contributed by atoms with Gasteiger partial charge in [0.2, 0.25) is 5.95 Å². The summed E-state index contributed by atoms with van der Waals surface area (Å²) in [6.07, 6.45) is 3.54. The molecular formula is C22H27Cl2N6O2-. The summed E-state index contributed by atoms with van der Waals surface area (Å²) in [5.74, 6) is 1.46. The van der Waals surface area contributed by atoms with Gasteiger partial charge >= 0.3 is 0 Å². The third-order valence-electron chi connectivity index (χ3n) is 4.79. The van der Waals surface area contributed by atoms with Crippen molar-refractivity contribution in [3.05, 3.63) is 33.7 Å². The number of halogens is 2. The van der Waals surface area contributed by atoms with Crippen molar-refractivity contribution in [3.63, 3.8) is 0 Å². The lowest BCUT2D eigenvalue weighted by Gasteiger charge is -2.22. The van der Waals surface area contributed by atoms with E-state index in [4.69, 9.17) is 43.4 Å².